The summed E-state index contributed by atoms with van der Waals surface area (Å²) in [6, 6.07) is 2.86. The van der Waals surface area contributed by atoms with E-state index in [0.717, 1.165) is 6.20 Å². The number of hydrogen-bond donors (Lipinski definition) is 0. The Balaban J connectivity index is 2.44. The Kier molecular flexibility index (Phi) is 4.47. The number of rotatable bonds is 4. The zero-order valence-electron chi connectivity index (χ0n) is 8.44. The molecule has 0 aromatic carbocycles. The lowest BCUT2D eigenvalue weighted by molar-refractivity contribution is -0.142. The molecule has 0 unspecified atom stereocenters. The molecular weight excluding hydrogens is 197 g/mol. The quantitative estimate of drug-likeness (QED) is 0.713. The number of ether oxygens (including phenoxy) is 1. The van der Waals surface area contributed by atoms with Crippen LogP contribution in [0.3, 0.4) is 0 Å². The van der Waals surface area contributed by atoms with E-state index < -0.39 is 0 Å². The Morgan fingerprint density at radius 3 is 3.00 bits per heavy atom. The Morgan fingerprint density at radius 1 is 1.60 bits per heavy atom. The fourth-order valence-corrected chi connectivity index (χ4v) is 0.982. The van der Waals surface area contributed by atoms with E-state index >= 15 is 0 Å². The molecule has 0 spiro atoms. The lowest BCUT2D eigenvalue weighted by Crippen LogP contribution is -2.01. The highest BCUT2D eigenvalue weighted by Gasteiger charge is 1.96. The van der Waals surface area contributed by atoms with Gasteiger partial charge in [0.25, 0.3) is 0 Å². The van der Waals surface area contributed by atoms with Gasteiger partial charge in [0.2, 0.25) is 0 Å². The number of pyridine rings is 1. The Hall–Kier alpha value is -1.71. The third-order valence-corrected chi connectivity index (χ3v) is 1.63. The molecule has 0 bridgehead atoms. The molecule has 1 aromatic heterocycles. The standard InChI is InChI=1S/C11H12FNO2/c1-2-15-11(14)5-3-4-10-7-6-9(12)8-13-10/h3-4,6-8H,2,5H2,1H3. The van der Waals surface area contributed by atoms with Crippen LogP contribution in [0.5, 0.6) is 0 Å². The largest absolute Gasteiger partial charge is 0.466 e. The lowest BCUT2D eigenvalue weighted by Gasteiger charge is -1.96. The van der Waals surface area contributed by atoms with Crippen molar-refractivity contribution in [2.24, 2.45) is 0 Å². The Bertz CT molecular complexity index is 346. The molecule has 0 aliphatic carbocycles. The van der Waals surface area contributed by atoms with Gasteiger partial charge in [-0.1, -0.05) is 6.08 Å². The smallest absolute Gasteiger partial charge is 0.309 e. The summed E-state index contributed by atoms with van der Waals surface area (Å²) in [5.74, 6) is -0.659. The molecular formula is C11H12FNO2. The van der Waals surface area contributed by atoms with E-state index in [1.165, 1.54) is 12.1 Å². The molecule has 80 valence electrons. The molecule has 1 aromatic rings. The molecule has 0 amide bonds. The van der Waals surface area contributed by atoms with Gasteiger partial charge in [-0.15, -0.1) is 0 Å². The van der Waals surface area contributed by atoms with E-state index in [1.54, 1.807) is 19.1 Å². The van der Waals surface area contributed by atoms with E-state index in [1.807, 2.05) is 0 Å². The minimum Gasteiger partial charge on any atom is -0.466 e. The van der Waals surface area contributed by atoms with Crippen LogP contribution in [0.15, 0.2) is 24.4 Å². The van der Waals surface area contributed by atoms with Crippen molar-refractivity contribution >= 4 is 12.0 Å². The Labute approximate surface area is 87.6 Å². The highest BCUT2D eigenvalue weighted by atomic mass is 19.1. The van der Waals surface area contributed by atoms with Gasteiger partial charge >= 0.3 is 5.97 Å². The Morgan fingerprint density at radius 2 is 2.40 bits per heavy atom. The summed E-state index contributed by atoms with van der Waals surface area (Å²) in [6.45, 7) is 2.13. The van der Waals surface area contributed by atoms with E-state index in [-0.39, 0.29) is 18.2 Å². The van der Waals surface area contributed by atoms with Crippen molar-refractivity contribution in [3.05, 3.63) is 35.9 Å². The molecule has 0 fully saturated rings. The third kappa shape index (κ3) is 4.35. The van der Waals surface area contributed by atoms with Crippen molar-refractivity contribution in [3.8, 4) is 0 Å². The summed E-state index contributed by atoms with van der Waals surface area (Å²) in [7, 11) is 0. The van der Waals surface area contributed by atoms with Crippen molar-refractivity contribution in [2.45, 2.75) is 13.3 Å². The molecule has 1 rings (SSSR count). The molecule has 3 nitrogen and oxygen atoms in total. The summed E-state index contributed by atoms with van der Waals surface area (Å²) in [4.78, 5) is 14.7. The van der Waals surface area contributed by atoms with Gasteiger partial charge in [-0.2, -0.15) is 0 Å². The third-order valence-electron chi connectivity index (χ3n) is 1.63. The van der Waals surface area contributed by atoms with Crippen LogP contribution in [0.25, 0.3) is 6.08 Å². The second kappa shape index (κ2) is 5.90. The maximum absolute atomic E-state index is 12.5. The number of esters is 1. The summed E-state index contributed by atoms with van der Waals surface area (Å²) >= 11 is 0. The summed E-state index contributed by atoms with van der Waals surface area (Å²) in [5.41, 5.74) is 0.612. The fourth-order valence-electron chi connectivity index (χ4n) is 0.982. The maximum Gasteiger partial charge on any atom is 0.309 e. The number of aromatic nitrogens is 1. The SMILES string of the molecule is CCOC(=O)CC=Cc1ccc(F)cn1. The molecule has 0 aliphatic rings. The molecule has 0 atom stereocenters. The van der Waals surface area contributed by atoms with E-state index in [9.17, 15) is 9.18 Å². The van der Waals surface area contributed by atoms with Gasteiger partial charge in [-0.25, -0.2) is 4.39 Å². The predicted molar refractivity (Wildman–Crippen MR) is 54.5 cm³/mol. The van der Waals surface area contributed by atoms with Crippen LogP contribution in [-0.4, -0.2) is 17.6 Å². The van der Waals surface area contributed by atoms with Gasteiger partial charge in [0.1, 0.15) is 5.82 Å². The van der Waals surface area contributed by atoms with Crippen LogP contribution >= 0.6 is 0 Å². The maximum atomic E-state index is 12.5. The highest BCUT2D eigenvalue weighted by molar-refractivity contribution is 5.72. The normalized spacial score (nSPS) is 10.5. The number of halogens is 1. The van der Waals surface area contributed by atoms with Crippen molar-refractivity contribution in [3.63, 3.8) is 0 Å². The minimum atomic E-state index is -0.377. The average Bonchev–Trinajstić information content (AvgIpc) is 2.21. The molecule has 15 heavy (non-hydrogen) atoms. The topological polar surface area (TPSA) is 39.2 Å². The van der Waals surface area contributed by atoms with Crippen LogP contribution in [0, 0.1) is 5.82 Å². The molecule has 0 saturated carbocycles. The number of carbonyl (C=O) groups is 1. The lowest BCUT2D eigenvalue weighted by atomic mass is 10.3. The first-order valence-corrected chi connectivity index (χ1v) is 4.66. The van der Waals surface area contributed by atoms with Gasteiger partial charge < -0.3 is 4.74 Å². The monoisotopic (exact) mass is 209 g/mol. The van der Waals surface area contributed by atoms with Gasteiger partial charge in [-0.3, -0.25) is 9.78 Å². The first-order chi connectivity index (χ1) is 7.22. The van der Waals surface area contributed by atoms with E-state index in [2.05, 4.69) is 4.98 Å². The molecule has 0 aliphatic heterocycles. The van der Waals surface area contributed by atoms with Crippen molar-refractivity contribution in [1.82, 2.24) is 4.98 Å². The zero-order chi connectivity index (χ0) is 11.1. The van der Waals surface area contributed by atoms with Crippen LogP contribution in [0.4, 0.5) is 4.39 Å². The molecule has 0 radical (unpaired) electrons. The summed E-state index contributed by atoms with van der Waals surface area (Å²) in [5, 5.41) is 0. The molecule has 4 heteroatoms. The van der Waals surface area contributed by atoms with Gasteiger partial charge in [0.15, 0.2) is 0 Å². The molecule has 0 N–H and O–H groups in total. The van der Waals surface area contributed by atoms with Crippen LogP contribution in [-0.2, 0) is 9.53 Å². The number of hydrogen-bond acceptors (Lipinski definition) is 3. The zero-order valence-corrected chi connectivity index (χ0v) is 8.44. The van der Waals surface area contributed by atoms with E-state index in [0.29, 0.717) is 12.3 Å². The van der Waals surface area contributed by atoms with Gasteiger partial charge in [0.05, 0.1) is 24.9 Å². The molecule has 0 saturated heterocycles. The second-order valence-electron chi connectivity index (χ2n) is 2.81. The summed E-state index contributed by atoms with van der Waals surface area (Å²) in [6.07, 6.45) is 4.62. The van der Waals surface area contributed by atoms with Crippen molar-refractivity contribution < 1.29 is 13.9 Å². The van der Waals surface area contributed by atoms with Crippen LogP contribution in [0.1, 0.15) is 19.0 Å². The first kappa shape index (κ1) is 11.4. The average molecular weight is 209 g/mol. The van der Waals surface area contributed by atoms with Crippen LogP contribution < -0.4 is 0 Å². The van der Waals surface area contributed by atoms with Crippen LogP contribution in [0.2, 0.25) is 0 Å². The van der Waals surface area contributed by atoms with Gasteiger partial charge in [0, 0.05) is 0 Å². The minimum absolute atomic E-state index is 0.201. The van der Waals surface area contributed by atoms with Crippen molar-refractivity contribution in [2.75, 3.05) is 6.61 Å². The second-order valence-corrected chi connectivity index (χ2v) is 2.81. The van der Waals surface area contributed by atoms with E-state index in [4.69, 9.17) is 4.74 Å². The predicted octanol–water partition coefficient (Wildman–Crippen LogP) is 2.19. The van der Waals surface area contributed by atoms with Crippen molar-refractivity contribution in [1.29, 1.82) is 0 Å². The highest BCUT2D eigenvalue weighted by Crippen LogP contribution is 2.01. The molecule has 1 heterocycles. The fraction of sp³-hybridized carbons (Fsp3) is 0.273. The van der Waals surface area contributed by atoms with Gasteiger partial charge in [-0.05, 0) is 25.1 Å². The number of nitrogens with zero attached hydrogens (tertiary/aromatic N) is 1. The number of carbonyl (C=O) groups excluding carboxylic acids is 1. The first-order valence-electron chi connectivity index (χ1n) is 4.66. The summed E-state index contributed by atoms with van der Waals surface area (Å²) < 4.78 is 17.2.